The minimum atomic E-state index is -0.752. The van der Waals surface area contributed by atoms with Crippen molar-refractivity contribution in [3.8, 4) is 0 Å². The van der Waals surface area contributed by atoms with E-state index in [9.17, 15) is 5.11 Å². The van der Waals surface area contributed by atoms with Gasteiger partial charge in [0.25, 0.3) is 0 Å². The van der Waals surface area contributed by atoms with E-state index in [0.717, 1.165) is 56.3 Å². The van der Waals surface area contributed by atoms with Gasteiger partial charge in [0.2, 0.25) is 0 Å². The fourth-order valence-electron chi connectivity index (χ4n) is 2.80. The fourth-order valence-corrected chi connectivity index (χ4v) is 3.39. The third kappa shape index (κ3) is 1.47. The molecule has 1 saturated carbocycles. The van der Waals surface area contributed by atoms with Gasteiger partial charge in [-0.15, -0.1) is 0 Å². The van der Waals surface area contributed by atoms with Crippen LogP contribution in [0.25, 0.3) is 21.9 Å². The average molecular weight is 321 g/mol. The third-order valence-electron chi connectivity index (χ3n) is 3.83. The number of aryl methyl sites for hydroxylation is 2. The van der Waals surface area contributed by atoms with E-state index in [1.54, 1.807) is 0 Å². The second-order valence-corrected chi connectivity index (χ2v) is 6.21. The molecule has 1 aliphatic carbocycles. The summed E-state index contributed by atoms with van der Waals surface area (Å²) in [7, 11) is 0. The first-order valence-electron chi connectivity index (χ1n) is 6.34. The van der Waals surface area contributed by atoms with E-state index < -0.39 is 5.60 Å². The van der Waals surface area contributed by atoms with Gasteiger partial charge in [-0.05, 0) is 54.8 Å². The first-order chi connectivity index (χ1) is 8.99. The molecule has 1 aromatic carbocycles. The number of furan rings is 2. The van der Waals surface area contributed by atoms with Crippen LogP contribution in [0, 0.1) is 13.8 Å². The minimum Gasteiger partial charge on any atom is -0.461 e. The first-order valence-corrected chi connectivity index (χ1v) is 7.13. The summed E-state index contributed by atoms with van der Waals surface area (Å²) >= 11 is 3.60. The van der Waals surface area contributed by atoms with E-state index in [1.807, 2.05) is 26.0 Å². The highest BCUT2D eigenvalue weighted by molar-refractivity contribution is 9.10. The summed E-state index contributed by atoms with van der Waals surface area (Å²) in [5.74, 6) is 1.68. The van der Waals surface area contributed by atoms with Crippen molar-refractivity contribution in [2.24, 2.45) is 0 Å². The van der Waals surface area contributed by atoms with Crippen LogP contribution in [-0.2, 0) is 5.60 Å². The van der Waals surface area contributed by atoms with Gasteiger partial charge in [0.05, 0.1) is 10.1 Å². The standard InChI is InChI=1S/C15H13BrO3/c1-7-5-9-11(15(17)3-4-15)13-10(6-8(2)18-13)12(16)14(9)19-7/h5-6,17H,3-4H2,1-2H3. The van der Waals surface area contributed by atoms with Crippen molar-refractivity contribution in [1.82, 2.24) is 0 Å². The van der Waals surface area contributed by atoms with Crippen LogP contribution in [0.2, 0.25) is 0 Å². The zero-order chi connectivity index (χ0) is 13.4. The van der Waals surface area contributed by atoms with Gasteiger partial charge >= 0.3 is 0 Å². The molecule has 0 saturated heterocycles. The lowest BCUT2D eigenvalue weighted by Gasteiger charge is -2.11. The van der Waals surface area contributed by atoms with Crippen molar-refractivity contribution in [2.75, 3.05) is 0 Å². The molecule has 4 heteroatoms. The van der Waals surface area contributed by atoms with Gasteiger partial charge < -0.3 is 13.9 Å². The molecule has 3 nitrogen and oxygen atoms in total. The van der Waals surface area contributed by atoms with E-state index >= 15 is 0 Å². The molecule has 1 aliphatic rings. The summed E-state index contributed by atoms with van der Waals surface area (Å²) in [5, 5.41) is 12.5. The maximum Gasteiger partial charge on any atom is 0.149 e. The Morgan fingerprint density at radius 1 is 1.05 bits per heavy atom. The molecule has 2 heterocycles. The quantitative estimate of drug-likeness (QED) is 0.716. The van der Waals surface area contributed by atoms with Crippen LogP contribution in [0.3, 0.4) is 0 Å². The molecular formula is C15H13BrO3. The molecular weight excluding hydrogens is 308 g/mol. The molecule has 0 aliphatic heterocycles. The Balaban J connectivity index is 2.27. The lowest BCUT2D eigenvalue weighted by Crippen LogP contribution is -2.05. The second-order valence-electron chi connectivity index (χ2n) is 5.42. The molecule has 0 spiro atoms. The molecule has 0 amide bonds. The number of rotatable bonds is 1. The van der Waals surface area contributed by atoms with Gasteiger partial charge in [0, 0.05) is 16.3 Å². The summed E-state index contributed by atoms with van der Waals surface area (Å²) in [6.45, 7) is 3.83. The summed E-state index contributed by atoms with van der Waals surface area (Å²) < 4.78 is 12.5. The molecule has 1 fully saturated rings. The predicted molar refractivity (Wildman–Crippen MR) is 76.3 cm³/mol. The molecule has 0 radical (unpaired) electrons. The molecule has 1 N–H and O–H groups in total. The molecule has 0 atom stereocenters. The van der Waals surface area contributed by atoms with Gasteiger partial charge in [-0.25, -0.2) is 0 Å². The normalized spacial score (nSPS) is 17.5. The number of hydrogen-bond donors (Lipinski definition) is 1. The third-order valence-corrected chi connectivity index (χ3v) is 4.62. The van der Waals surface area contributed by atoms with Crippen LogP contribution in [0.1, 0.15) is 29.9 Å². The number of aliphatic hydroxyl groups is 1. The Morgan fingerprint density at radius 2 is 1.63 bits per heavy atom. The Labute approximate surface area is 118 Å². The average Bonchev–Trinajstić information content (AvgIpc) is 2.79. The summed E-state index contributed by atoms with van der Waals surface area (Å²) in [5.41, 5.74) is 1.70. The van der Waals surface area contributed by atoms with Crippen molar-refractivity contribution in [3.05, 3.63) is 33.7 Å². The Kier molecular flexibility index (Phi) is 2.09. The molecule has 98 valence electrons. The van der Waals surface area contributed by atoms with Crippen molar-refractivity contribution in [2.45, 2.75) is 32.3 Å². The summed E-state index contributed by atoms with van der Waals surface area (Å²) in [6.07, 6.45) is 1.56. The topological polar surface area (TPSA) is 46.5 Å². The van der Waals surface area contributed by atoms with Gasteiger partial charge in [-0.2, -0.15) is 0 Å². The molecule has 3 aromatic rings. The number of benzene rings is 1. The monoisotopic (exact) mass is 320 g/mol. The van der Waals surface area contributed by atoms with Crippen LogP contribution < -0.4 is 0 Å². The zero-order valence-corrected chi connectivity index (χ0v) is 12.3. The number of hydrogen-bond acceptors (Lipinski definition) is 3. The Bertz CT molecular complexity index is 763. The molecule has 0 bridgehead atoms. The number of halogens is 1. The van der Waals surface area contributed by atoms with E-state index in [2.05, 4.69) is 15.9 Å². The van der Waals surface area contributed by atoms with Crippen molar-refractivity contribution >= 4 is 37.9 Å². The zero-order valence-electron chi connectivity index (χ0n) is 10.7. The lowest BCUT2D eigenvalue weighted by atomic mass is 10.0. The van der Waals surface area contributed by atoms with Crippen molar-refractivity contribution in [1.29, 1.82) is 0 Å². The van der Waals surface area contributed by atoms with E-state index in [0.29, 0.717) is 0 Å². The summed E-state index contributed by atoms with van der Waals surface area (Å²) in [4.78, 5) is 0. The molecule has 4 rings (SSSR count). The smallest absolute Gasteiger partial charge is 0.149 e. The highest BCUT2D eigenvalue weighted by atomic mass is 79.9. The largest absolute Gasteiger partial charge is 0.461 e. The number of fused-ring (bicyclic) bond motifs is 2. The Morgan fingerprint density at radius 3 is 2.26 bits per heavy atom. The lowest BCUT2D eigenvalue weighted by molar-refractivity contribution is 0.153. The van der Waals surface area contributed by atoms with E-state index in [4.69, 9.17) is 8.83 Å². The molecule has 0 unspecified atom stereocenters. The van der Waals surface area contributed by atoms with Crippen LogP contribution >= 0.6 is 15.9 Å². The van der Waals surface area contributed by atoms with Gasteiger partial charge in [-0.3, -0.25) is 0 Å². The maximum absolute atomic E-state index is 10.6. The van der Waals surface area contributed by atoms with Gasteiger partial charge in [-0.1, -0.05) is 0 Å². The van der Waals surface area contributed by atoms with Crippen molar-refractivity contribution < 1.29 is 13.9 Å². The van der Waals surface area contributed by atoms with Crippen LogP contribution in [0.15, 0.2) is 25.4 Å². The molecule has 2 aromatic heterocycles. The maximum atomic E-state index is 10.6. The van der Waals surface area contributed by atoms with Crippen LogP contribution in [-0.4, -0.2) is 5.11 Å². The Hall–Kier alpha value is -1.26. The minimum absolute atomic E-state index is 0.752. The molecule has 19 heavy (non-hydrogen) atoms. The highest BCUT2D eigenvalue weighted by Gasteiger charge is 2.46. The van der Waals surface area contributed by atoms with E-state index in [-0.39, 0.29) is 0 Å². The fraction of sp³-hybridized carbons (Fsp3) is 0.333. The van der Waals surface area contributed by atoms with Crippen LogP contribution in [0.4, 0.5) is 0 Å². The van der Waals surface area contributed by atoms with Gasteiger partial charge in [0.15, 0.2) is 0 Å². The summed E-state index contributed by atoms with van der Waals surface area (Å²) in [6, 6.07) is 3.95. The predicted octanol–water partition coefficient (Wildman–Crippen LogP) is 4.54. The highest BCUT2D eigenvalue weighted by Crippen LogP contribution is 2.53. The van der Waals surface area contributed by atoms with E-state index in [1.165, 1.54) is 0 Å². The SMILES string of the molecule is Cc1cc2c(C3(O)CC3)c3oc(C)cc3c(Br)c2o1. The first kappa shape index (κ1) is 11.6. The van der Waals surface area contributed by atoms with Crippen LogP contribution in [0.5, 0.6) is 0 Å². The van der Waals surface area contributed by atoms with Crippen molar-refractivity contribution in [3.63, 3.8) is 0 Å². The second kappa shape index (κ2) is 3.44. The van der Waals surface area contributed by atoms with Gasteiger partial charge in [0.1, 0.15) is 22.7 Å².